The van der Waals surface area contributed by atoms with Gasteiger partial charge in [0.25, 0.3) is 0 Å². The monoisotopic (exact) mass is 212 g/mol. The van der Waals surface area contributed by atoms with Crippen molar-refractivity contribution in [2.24, 2.45) is 0 Å². The van der Waals surface area contributed by atoms with Crippen LogP contribution in [0.5, 0.6) is 0 Å². The summed E-state index contributed by atoms with van der Waals surface area (Å²) in [4.78, 5) is 16.1. The van der Waals surface area contributed by atoms with Gasteiger partial charge in [-0.1, -0.05) is 18.2 Å². The van der Waals surface area contributed by atoms with Crippen LogP contribution < -0.4 is 5.73 Å². The summed E-state index contributed by atoms with van der Waals surface area (Å²) in [5, 5.41) is 0. The molecule has 0 atom stereocenters. The predicted molar refractivity (Wildman–Crippen MR) is 63.3 cm³/mol. The lowest BCUT2D eigenvalue weighted by atomic mass is 10.0. The lowest BCUT2D eigenvalue weighted by Gasteiger charge is -2.06. The summed E-state index contributed by atoms with van der Waals surface area (Å²) >= 11 is 0. The van der Waals surface area contributed by atoms with E-state index >= 15 is 0 Å². The molecule has 0 spiro atoms. The largest absolute Gasteiger partial charge is 0.398 e. The van der Waals surface area contributed by atoms with Crippen LogP contribution in [0.2, 0.25) is 0 Å². The summed E-state index contributed by atoms with van der Waals surface area (Å²) in [5.74, 6) is -0.137. The fourth-order valence-electron chi connectivity index (χ4n) is 1.51. The number of aryl methyl sites for hydroxylation is 1. The number of nitrogen functional groups attached to an aromatic ring is 1. The number of nitrogens with two attached hydrogens (primary N) is 1. The third kappa shape index (κ3) is 1.80. The van der Waals surface area contributed by atoms with Gasteiger partial charge in [-0.3, -0.25) is 9.78 Å². The van der Waals surface area contributed by atoms with E-state index in [1.807, 2.05) is 19.1 Å². The Labute approximate surface area is 93.9 Å². The van der Waals surface area contributed by atoms with Crippen molar-refractivity contribution in [2.75, 3.05) is 5.73 Å². The zero-order valence-corrected chi connectivity index (χ0v) is 8.97. The molecule has 16 heavy (non-hydrogen) atoms. The number of carbonyl (C=O) groups excluding carboxylic acids is 1. The van der Waals surface area contributed by atoms with Crippen LogP contribution in [0.1, 0.15) is 21.6 Å². The normalized spacial score (nSPS) is 10.1. The van der Waals surface area contributed by atoms with Crippen molar-refractivity contribution in [3.8, 4) is 0 Å². The van der Waals surface area contributed by atoms with Crippen LogP contribution in [-0.4, -0.2) is 10.8 Å². The molecule has 0 aliphatic heterocycles. The number of rotatable bonds is 2. The topological polar surface area (TPSA) is 56.0 Å². The predicted octanol–water partition coefficient (Wildman–Crippen LogP) is 2.20. The number of pyridine rings is 1. The van der Waals surface area contributed by atoms with E-state index in [9.17, 15) is 4.79 Å². The average molecular weight is 212 g/mol. The highest BCUT2D eigenvalue weighted by Crippen LogP contribution is 2.19. The first-order valence-electron chi connectivity index (χ1n) is 5.01. The maximum Gasteiger partial charge on any atom is 0.213 e. The second-order valence-electron chi connectivity index (χ2n) is 3.58. The molecule has 1 heterocycles. The van der Waals surface area contributed by atoms with E-state index in [0.717, 1.165) is 5.56 Å². The maximum absolute atomic E-state index is 12.1. The quantitative estimate of drug-likeness (QED) is 0.613. The molecule has 2 rings (SSSR count). The van der Waals surface area contributed by atoms with Crippen LogP contribution in [0.3, 0.4) is 0 Å². The molecule has 0 unspecified atom stereocenters. The molecule has 3 nitrogen and oxygen atoms in total. The van der Waals surface area contributed by atoms with Crippen LogP contribution in [0.15, 0.2) is 42.6 Å². The molecule has 0 saturated heterocycles. The number of anilines is 1. The second-order valence-corrected chi connectivity index (χ2v) is 3.58. The number of aromatic nitrogens is 1. The Morgan fingerprint density at radius 3 is 2.69 bits per heavy atom. The number of hydrogen-bond acceptors (Lipinski definition) is 3. The summed E-state index contributed by atoms with van der Waals surface area (Å²) in [7, 11) is 0. The van der Waals surface area contributed by atoms with Crippen LogP contribution in [0.25, 0.3) is 0 Å². The lowest BCUT2D eigenvalue weighted by Crippen LogP contribution is -2.07. The Kier molecular flexibility index (Phi) is 2.68. The van der Waals surface area contributed by atoms with Crippen molar-refractivity contribution in [2.45, 2.75) is 6.92 Å². The van der Waals surface area contributed by atoms with Crippen LogP contribution in [0, 0.1) is 6.92 Å². The van der Waals surface area contributed by atoms with Gasteiger partial charge in [0.2, 0.25) is 5.78 Å². The second kappa shape index (κ2) is 4.14. The van der Waals surface area contributed by atoms with Gasteiger partial charge in [0.15, 0.2) is 0 Å². The molecule has 0 fully saturated rings. The van der Waals surface area contributed by atoms with Crippen LogP contribution >= 0.6 is 0 Å². The molecule has 0 bridgehead atoms. The van der Waals surface area contributed by atoms with Crippen molar-refractivity contribution >= 4 is 11.5 Å². The Morgan fingerprint density at radius 2 is 2.00 bits per heavy atom. The van der Waals surface area contributed by atoms with Crippen molar-refractivity contribution in [3.63, 3.8) is 0 Å². The van der Waals surface area contributed by atoms with Gasteiger partial charge in [-0.2, -0.15) is 0 Å². The summed E-state index contributed by atoms with van der Waals surface area (Å²) in [5.41, 5.74) is 8.23. The van der Waals surface area contributed by atoms with E-state index in [2.05, 4.69) is 4.98 Å². The number of benzene rings is 1. The van der Waals surface area contributed by atoms with Crippen molar-refractivity contribution < 1.29 is 4.79 Å². The molecule has 80 valence electrons. The Morgan fingerprint density at radius 1 is 1.19 bits per heavy atom. The number of carbonyl (C=O) groups is 1. The Balaban J connectivity index is 2.46. The molecular weight excluding hydrogens is 200 g/mol. The summed E-state index contributed by atoms with van der Waals surface area (Å²) in [6.45, 7) is 1.88. The van der Waals surface area contributed by atoms with E-state index in [0.29, 0.717) is 16.9 Å². The van der Waals surface area contributed by atoms with Gasteiger partial charge < -0.3 is 5.73 Å². The average Bonchev–Trinajstić information content (AvgIpc) is 2.33. The van der Waals surface area contributed by atoms with E-state index in [1.165, 1.54) is 0 Å². The molecule has 3 heteroatoms. The van der Waals surface area contributed by atoms with Gasteiger partial charge in [-0.15, -0.1) is 0 Å². The van der Waals surface area contributed by atoms with Crippen LogP contribution in [0.4, 0.5) is 5.69 Å². The summed E-state index contributed by atoms with van der Waals surface area (Å²) in [6, 6.07) is 10.7. The third-order valence-corrected chi connectivity index (χ3v) is 2.47. The highest BCUT2D eigenvalue weighted by Gasteiger charge is 2.13. The standard InChI is InChI=1S/C13H12N2O/c1-9-5-4-6-10(12(9)14)13(16)11-7-2-3-8-15-11/h2-8H,14H2,1H3. The number of ketones is 1. The molecule has 0 aliphatic carbocycles. The minimum atomic E-state index is -0.137. The van der Waals surface area contributed by atoms with Gasteiger partial charge in [0.05, 0.1) is 0 Å². The molecule has 0 radical (unpaired) electrons. The maximum atomic E-state index is 12.1. The number of nitrogens with zero attached hydrogens (tertiary/aromatic N) is 1. The van der Waals surface area contributed by atoms with Crippen molar-refractivity contribution in [1.82, 2.24) is 4.98 Å². The zero-order chi connectivity index (χ0) is 11.5. The van der Waals surface area contributed by atoms with Gasteiger partial charge in [0, 0.05) is 17.4 Å². The molecule has 0 aliphatic rings. The minimum absolute atomic E-state index is 0.137. The van der Waals surface area contributed by atoms with Gasteiger partial charge >= 0.3 is 0 Å². The molecule has 2 aromatic rings. The molecule has 1 aromatic carbocycles. The van der Waals surface area contributed by atoms with E-state index in [-0.39, 0.29) is 5.78 Å². The molecule has 0 amide bonds. The van der Waals surface area contributed by atoms with Crippen molar-refractivity contribution in [1.29, 1.82) is 0 Å². The Bertz CT molecular complexity index is 521. The minimum Gasteiger partial charge on any atom is -0.398 e. The number of para-hydroxylation sites is 1. The van der Waals surface area contributed by atoms with E-state index in [1.54, 1.807) is 30.5 Å². The molecule has 1 aromatic heterocycles. The first-order chi connectivity index (χ1) is 7.70. The zero-order valence-electron chi connectivity index (χ0n) is 8.97. The van der Waals surface area contributed by atoms with Gasteiger partial charge in [-0.25, -0.2) is 0 Å². The lowest BCUT2D eigenvalue weighted by molar-refractivity contribution is 0.103. The highest BCUT2D eigenvalue weighted by atomic mass is 16.1. The molecular formula is C13H12N2O. The molecule has 2 N–H and O–H groups in total. The van der Waals surface area contributed by atoms with E-state index < -0.39 is 0 Å². The highest BCUT2D eigenvalue weighted by molar-refractivity contribution is 6.11. The first kappa shape index (κ1) is 10.4. The first-order valence-corrected chi connectivity index (χ1v) is 5.01. The molecule has 0 saturated carbocycles. The van der Waals surface area contributed by atoms with Crippen LogP contribution in [-0.2, 0) is 0 Å². The van der Waals surface area contributed by atoms with Gasteiger partial charge in [0.1, 0.15) is 5.69 Å². The third-order valence-electron chi connectivity index (χ3n) is 2.47. The smallest absolute Gasteiger partial charge is 0.213 e. The Hall–Kier alpha value is -2.16. The number of hydrogen-bond donors (Lipinski definition) is 1. The summed E-state index contributed by atoms with van der Waals surface area (Å²) < 4.78 is 0. The summed E-state index contributed by atoms with van der Waals surface area (Å²) in [6.07, 6.45) is 1.60. The SMILES string of the molecule is Cc1cccc(C(=O)c2ccccn2)c1N. The van der Waals surface area contributed by atoms with Gasteiger partial charge in [-0.05, 0) is 30.7 Å². The van der Waals surface area contributed by atoms with Crippen molar-refractivity contribution in [3.05, 3.63) is 59.4 Å². The fourth-order valence-corrected chi connectivity index (χ4v) is 1.51. The van der Waals surface area contributed by atoms with E-state index in [4.69, 9.17) is 5.73 Å². The fraction of sp³-hybridized carbons (Fsp3) is 0.0769.